The molecule has 1 fully saturated rings. The highest BCUT2D eigenvalue weighted by atomic mass is 16.5. The van der Waals surface area contributed by atoms with Crippen LogP contribution in [0.15, 0.2) is 0 Å². The molecule has 1 rings (SSSR count). The summed E-state index contributed by atoms with van der Waals surface area (Å²) in [5.41, 5.74) is 5.35. The summed E-state index contributed by atoms with van der Waals surface area (Å²) < 4.78 is 5.43. The van der Waals surface area contributed by atoms with E-state index in [9.17, 15) is 0 Å². The fourth-order valence-electron chi connectivity index (χ4n) is 1.11. The van der Waals surface area contributed by atoms with E-state index in [4.69, 9.17) is 10.5 Å². The molecule has 0 aliphatic heterocycles. The molecule has 1 aliphatic rings. The van der Waals surface area contributed by atoms with Gasteiger partial charge in [0.1, 0.15) is 0 Å². The molecule has 0 aromatic heterocycles. The Morgan fingerprint density at radius 2 is 2.00 bits per heavy atom. The summed E-state index contributed by atoms with van der Waals surface area (Å²) in [5, 5.41) is 0. The third-order valence-corrected chi connectivity index (χ3v) is 2.11. The van der Waals surface area contributed by atoms with Crippen molar-refractivity contribution in [1.82, 2.24) is 0 Å². The van der Waals surface area contributed by atoms with Crippen LogP contribution >= 0.6 is 0 Å². The predicted octanol–water partition coefficient (Wildman–Crippen LogP) is 1.54. The van der Waals surface area contributed by atoms with Gasteiger partial charge in [-0.1, -0.05) is 12.8 Å². The number of unbranched alkanes of at least 4 members (excludes halogenated alkanes) is 1. The highest BCUT2D eigenvalue weighted by molar-refractivity contribution is 4.72. The summed E-state index contributed by atoms with van der Waals surface area (Å²) in [6, 6.07) is 0. The third-order valence-electron chi connectivity index (χ3n) is 2.11. The molecule has 0 amide bonds. The SMILES string of the molecule is NCCCCOCCC1CC1. The van der Waals surface area contributed by atoms with Gasteiger partial charge in [-0.25, -0.2) is 0 Å². The van der Waals surface area contributed by atoms with Crippen molar-refractivity contribution < 1.29 is 4.74 Å². The lowest BCUT2D eigenvalue weighted by Crippen LogP contribution is -2.02. The van der Waals surface area contributed by atoms with Crippen LogP contribution in [0.5, 0.6) is 0 Å². The number of hydrogen-bond donors (Lipinski definition) is 1. The number of nitrogens with two attached hydrogens (primary N) is 1. The molecule has 66 valence electrons. The lowest BCUT2D eigenvalue weighted by molar-refractivity contribution is 0.125. The van der Waals surface area contributed by atoms with Gasteiger partial charge in [-0.05, 0) is 31.7 Å². The Balaban J connectivity index is 1.66. The van der Waals surface area contributed by atoms with Gasteiger partial charge in [-0.2, -0.15) is 0 Å². The fraction of sp³-hybridized carbons (Fsp3) is 1.00. The number of rotatable bonds is 7. The van der Waals surface area contributed by atoms with Gasteiger partial charge in [-0.3, -0.25) is 0 Å². The van der Waals surface area contributed by atoms with Gasteiger partial charge < -0.3 is 10.5 Å². The van der Waals surface area contributed by atoms with Crippen LogP contribution in [0.1, 0.15) is 32.1 Å². The summed E-state index contributed by atoms with van der Waals surface area (Å²) in [6.07, 6.45) is 6.38. The van der Waals surface area contributed by atoms with E-state index in [1.54, 1.807) is 0 Å². The van der Waals surface area contributed by atoms with Crippen molar-refractivity contribution in [2.75, 3.05) is 19.8 Å². The van der Waals surface area contributed by atoms with Gasteiger partial charge in [0.25, 0.3) is 0 Å². The smallest absolute Gasteiger partial charge is 0.0468 e. The average Bonchev–Trinajstić information content (AvgIpc) is 2.80. The minimum Gasteiger partial charge on any atom is -0.381 e. The normalized spacial score (nSPS) is 17.2. The molecule has 0 unspecified atom stereocenters. The van der Waals surface area contributed by atoms with Crippen LogP contribution in [-0.4, -0.2) is 19.8 Å². The first-order valence-electron chi connectivity index (χ1n) is 4.71. The topological polar surface area (TPSA) is 35.2 Å². The molecule has 0 saturated heterocycles. The van der Waals surface area contributed by atoms with Crippen molar-refractivity contribution in [1.29, 1.82) is 0 Å². The Morgan fingerprint density at radius 3 is 2.64 bits per heavy atom. The van der Waals surface area contributed by atoms with E-state index in [1.165, 1.54) is 19.3 Å². The monoisotopic (exact) mass is 157 g/mol. The quantitative estimate of drug-likeness (QED) is 0.569. The van der Waals surface area contributed by atoms with Gasteiger partial charge in [0.15, 0.2) is 0 Å². The van der Waals surface area contributed by atoms with Crippen molar-refractivity contribution in [2.45, 2.75) is 32.1 Å². The van der Waals surface area contributed by atoms with Crippen molar-refractivity contribution in [3.05, 3.63) is 0 Å². The van der Waals surface area contributed by atoms with Gasteiger partial charge in [0, 0.05) is 13.2 Å². The second-order valence-corrected chi connectivity index (χ2v) is 3.34. The van der Waals surface area contributed by atoms with Crippen LogP contribution in [0, 0.1) is 5.92 Å². The number of ether oxygens (including phenoxy) is 1. The van der Waals surface area contributed by atoms with Crippen LogP contribution in [0.25, 0.3) is 0 Å². The van der Waals surface area contributed by atoms with Gasteiger partial charge in [0.2, 0.25) is 0 Å². The van der Waals surface area contributed by atoms with E-state index in [-0.39, 0.29) is 0 Å². The first kappa shape index (κ1) is 9.01. The van der Waals surface area contributed by atoms with E-state index >= 15 is 0 Å². The molecule has 1 aliphatic carbocycles. The highest BCUT2D eigenvalue weighted by Gasteiger charge is 2.20. The average molecular weight is 157 g/mol. The first-order valence-corrected chi connectivity index (χ1v) is 4.71. The summed E-state index contributed by atoms with van der Waals surface area (Å²) in [6.45, 7) is 2.67. The van der Waals surface area contributed by atoms with Gasteiger partial charge in [-0.15, -0.1) is 0 Å². The molecule has 0 aromatic rings. The molecule has 0 radical (unpaired) electrons. The van der Waals surface area contributed by atoms with Crippen LogP contribution in [0.2, 0.25) is 0 Å². The molecule has 0 heterocycles. The van der Waals surface area contributed by atoms with Gasteiger partial charge in [0.05, 0.1) is 0 Å². The Kier molecular flexibility index (Phi) is 4.55. The van der Waals surface area contributed by atoms with Gasteiger partial charge >= 0.3 is 0 Å². The molecule has 1 saturated carbocycles. The van der Waals surface area contributed by atoms with Crippen LogP contribution in [-0.2, 0) is 4.74 Å². The zero-order valence-corrected chi connectivity index (χ0v) is 7.22. The second-order valence-electron chi connectivity index (χ2n) is 3.34. The second kappa shape index (κ2) is 5.56. The van der Waals surface area contributed by atoms with Crippen molar-refractivity contribution in [3.8, 4) is 0 Å². The minimum atomic E-state index is 0.798. The first-order chi connectivity index (χ1) is 5.43. The van der Waals surface area contributed by atoms with Crippen molar-refractivity contribution in [2.24, 2.45) is 11.7 Å². The molecule has 0 aromatic carbocycles. The number of hydrogen-bond acceptors (Lipinski definition) is 2. The molecule has 2 nitrogen and oxygen atoms in total. The zero-order valence-electron chi connectivity index (χ0n) is 7.22. The lowest BCUT2D eigenvalue weighted by Gasteiger charge is -2.01. The molecule has 0 atom stereocenters. The van der Waals surface area contributed by atoms with E-state index in [1.807, 2.05) is 0 Å². The van der Waals surface area contributed by atoms with Crippen molar-refractivity contribution >= 4 is 0 Å². The standard InChI is InChI=1S/C9H19NO/c10-6-1-2-7-11-8-5-9-3-4-9/h9H,1-8,10H2. The van der Waals surface area contributed by atoms with Crippen molar-refractivity contribution in [3.63, 3.8) is 0 Å². The van der Waals surface area contributed by atoms with E-state index in [0.29, 0.717) is 0 Å². The molecular weight excluding hydrogens is 138 g/mol. The van der Waals surface area contributed by atoms with Crippen LogP contribution in [0.4, 0.5) is 0 Å². The zero-order chi connectivity index (χ0) is 7.94. The lowest BCUT2D eigenvalue weighted by atomic mass is 10.3. The maximum atomic E-state index is 5.43. The van der Waals surface area contributed by atoms with E-state index in [2.05, 4.69) is 0 Å². The Hall–Kier alpha value is -0.0800. The van der Waals surface area contributed by atoms with Crippen LogP contribution in [0.3, 0.4) is 0 Å². The molecule has 11 heavy (non-hydrogen) atoms. The summed E-state index contributed by atoms with van der Waals surface area (Å²) in [4.78, 5) is 0. The maximum Gasteiger partial charge on any atom is 0.0468 e. The van der Waals surface area contributed by atoms with Crippen LogP contribution < -0.4 is 5.73 Å². The predicted molar refractivity (Wildman–Crippen MR) is 46.4 cm³/mol. The van der Waals surface area contributed by atoms with E-state index in [0.717, 1.165) is 38.5 Å². The summed E-state index contributed by atoms with van der Waals surface area (Å²) in [7, 11) is 0. The molecule has 2 N–H and O–H groups in total. The highest BCUT2D eigenvalue weighted by Crippen LogP contribution is 2.31. The Morgan fingerprint density at radius 1 is 1.18 bits per heavy atom. The van der Waals surface area contributed by atoms with E-state index < -0.39 is 0 Å². The summed E-state index contributed by atoms with van der Waals surface area (Å²) in [5.74, 6) is 1.00. The molecular formula is C9H19NO. The summed E-state index contributed by atoms with van der Waals surface area (Å²) >= 11 is 0. The molecule has 2 heteroatoms. The maximum absolute atomic E-state index is 5.43. The fourth-order valence-corrected chi connectivity index (χ4v) is 1.11. The largest absolute Gasteiger partial charge is 0.381 e. The Labute approximate surface area is 69.1 Å². The minimum absolute atomic E-state index is 0.798. The third kappa shape index (κ3) is 5.22. The molecule has 0 spiro atoms. The Bertz CT molecular complexity index is 91.6. The molecule has 0 bridgehead atoms.